The van der Waals surface area contributed by atoms with E-state index in [1.54, 1.807) is 7.05 Å². The third-order valence-corrected chi connectivity index (χ3v) is 3.90. The smallest absolute Gasteiger partial charge is 0.338 e. The van der Waals surface area contributed by atoms with Crippen molar-refractivity contribution in [1.29, 1.82) is 0 Å². The second-order valence-corrected chi connectivity index (χ2v) is 5.76. The Balaban J connectivity index is 2.34. The number of likely N-dealkylation sites (tertiary alicyclic amines) is 1. The van der Waals surface area contributed by atoms with Crippen LogP contribution in [0.1, 0.15) is 27.9 Å². The number of carbonyl (C=O) groups excluding carboxylic acids is 1. The predicted molar refractivity (Wildman–Crippen MR) is 74.4 cm³/mol. The van der Waals surface area contributed by atoms with Gasteiger partial charge in [0.2, 0.25) is 0 Å². The van der Waals surface area contributed by atoms with Gasteiger partial charge >= 0.3 is 12.4 Å². The summed E-state index contributed by atoms with van der Waals surface area (Å²) in [5.74, 6) is -0.683. The van der Waals surface area contributed by atoms with Crippen molar-refractivity contribution in [3.63, 3.8) is 0 Å². The summed E-state index contributed by atoms with van der Waals surface area (Å²) in [7, 11) is 1.73. The first-order valence-electron chi connectivity index (χ1n) is 7.25. The molecule has 1 unspecified atom stereocenters. The Kier molecular flexibility index (Phi) is 5.12. The van der Waals surface area contributed by atoms with Crippen molar-refractivity contribution >= 4 is 5.91 Å². The average Bonchev–Trinajstić information content (AvgIpc) is 2.93. The number of hydrogen-bond donors (Lipinski definition) is 1. The van der Waals surface area contributed by atoms with Gasteiger partial charge in [-0.1, -0.05) is 0 Å². The van der Waals surface area contributed by atoms with Gasteiger partial charge in [-0.05, 0) is 44.1 Å². The van der Waals surface area contributed by atoms with E-state index in [1.165, 1.54) is 4.90 Å². The molecule has 1 N–H and O–H groups in total. The van der Waals surface area contributed by atoms with E-state index in [0.717, 1.165) is 0 Å². The maximum absolute atomic E-state index is 12.8. The molecule has 1 aliphatic rings. The summed E-state index contributed by atoms with van der Waals surface area (Å²) in [5, 5.41) is 2.93. The summed E-state index contributed by atoms with van der Waals surface area (Å²) < 4.78 is 77.0. The SMILES string of the molecule is CNCC1CCN(C(=O)c2cc(C(F)(F)F)cc(C(F)(F)F)c2)C1. The van der Waals surface area contributed by atoms with Crippen LogP contribution in [0.5, 0.6) is 0 Å². The fourth-order valence-electron chi connectivity index (χ4n) is 2.73. The minimum absolute atomic E-state index is 0.0184. The first-order valence-corrected chi connectivity index (χ1v) is 7.25. The first-order chi connectivity index (χ1) is 11.0. The molecule has 1 fully saturated rings. The molecule has 0 spiro atoms. The molecule has 1 aromatic carbocycles. The van der Waals surface area contributed by atoms with E-state index >= 15 is 0 Å². The van der Waals surface area contributed by atoms with E-state index in [9.17, 15) is 31.1 Å². The normalized spacial score (nSPS) is 19.0. The number of amides is 1. The number of nitrogens with one attached hydrogen (secondary N) is 1. The van der Waals surface area contributed by atoms with Crippen LogP contribution >= 0.6 is 0 Å². The molecule has 1 aromatic rings. The van der Waals surface area contributed by atoms with Crippen molar-refractivity contribution in [3.8, 4) is 0 Å². The molecule has 3 nitrogen and oxygen atoms in total. The largest absolute Gasteiger partial charge is 0.416 e. The van der Waals surface area contributed by atoms with E-state index < -0.39 is 35.0 Å². The molecule has 1 aliphatic heterocycles. The third-order valence-electron chi connectivity index (χ3n) is 3.90. The molecule has 2 rings (SSSR count). The number of benzene rings is 1. The zero-order valence-electron chi connectivity index (χ0n) is 12.8. The molecule has 0 saturated carbocycles. The van der Waals surface area contributed by atoms with E-state index in [2.05, 4.69) is 5.32 Å². The summed E-state index contributed by atoms with van der Waals surface area (Å²) in [6, 6.07) is 0.969. The molecular weight excluding hydrogens is 338 g/mol. The Hall–Kier alpha value is -1.77. The quantitative estimate of drug-likeness (QED) is 0.844. The second-order valence-electron chi connectivity index (χ2n) is 5.76. The van der Waals surface area contributed by atoms with Crippen molar-refractivity contribution in [2.75, 3.05) is 26.7 Å². The summed E-state index contributed by atoms with van der Waals surface area (Å²) in [5.41, 5.74) is -3.56. The van der Waals surface area contributed by atoms with Crippen LogP contribution in [-0.2, 0) is 12.4 Å². The van der Waals surface area contributed by atoms with Crippen LogP contribution in [0.25, 0.3) is 0 Å². The molecule has 134 valence electrons. The lowest BCUT2D eigenvalue weighted by Crippen LogP contribution is -2.30. The van der Waals surface area contributed by atoms with Gasteiger partial charge in [0, 0.05) is 18.7 Å². The second kappa shape index (κ2) is 6.62. The van der Waals surface area contributed by atoms with Gasteiger partial charge in [0.25, 0.3) is 5.91 Å². The molecule has 0 aromatic heterocycles. The van der Waals surface area contributed by atoms with E-state index in [-0.39, 0.29) is 12.0 Å². The molecular formula is C15H16F6N2O. The third kappa shape index (κ3) is 4.19. The topological polar surface area (TPSA) is 32.3 Å². The first kappa shape index (κ1) is 18.6. The minimum atomic E-state index is -4.96. The van der Waals surface area contributed by atoms with Crippen LogP contribution in [0.2, 0.25) is 0 Å². The van der Waals surface area contributed by atoms with Gasteiger partial charge in [0.05, 0.1) is 11.1 Å². The maximum atomic E-state index is 12.8. The van der Waals surface area contributed by atoms with Gasteiger partial charge in [-0.25, -0.2) is 0 Å². The van der Waals surface area contributed by atoms with Gasteiger partial charge in [-0.3, -0.25) is 4.79 Å². The highest BCUT2D eigenvalue weighted by molar-refractivity contribution is 5.95. The van der Waals surface area contributed by atoms with Crippen molar-refractivity contribution in [2.24, 2.45) is 5.92 Å². The highest BCUT2D eigenvalue weighted by atomic mass is 19.4. The lowest BCUT2D eigenvalue weighted by molar-refractivity contribution is -0.143. The highest BCUT2D eigenvalue weighted by Gasteiger charge is 2.38. The average molecular weight is 354 g/mol. The summed E-state index contributed by atoms with van der Waals surface area (Å²) in [6.45, 7) is 1.24. The molecule has 1 amide bonds. The Morgan fingerprint density at radius 1 is 1.12 bits per heavy atom. The Bertz CT molecular complexity index is 579. The monoisotopic (exact) mass is 354 g/mol. The zero-order chi connectivity index (χ0) is 18.1. The standard InChI is InChI=1S/C15H16F6N2O/c1-22-7-9-2-3-23(8-9)13(24)10-4-11(14(16,17)18)6-12(5-10)15(19,20)21/h4-6,9,22H,2-3,7-8H2,1H3. The van der Waals surface area contributed by atoms with Crippen molar-refractivity contribution < 1.29 is 31.1 Å². The van der Waals surface area contributed by atoms with Gasteiger partial charge in [0.15, 0.2) is 0 Å². The molecule has 24 heavy (non-hydrogen) atoms. The number of hydrogen-bond acceptors (Lipinski definition) is 2. The van der Waals surface area contributed by atoms with Gasteiger partial charge < -0.3 is 10.2 Å². The number of rotatable bonds is 3. The van der Waals surface area contributed by atoms with Crippen LogP contribution in [0.4, 0.5) is 26.3 Å². The zero-order valence-corrected chi connectivity index (χ0v) is 12.8. The number of alkyl halides is 6. The molecule has 0 bridgehead atoms. The van der Waals surface area contributed by atoms with Crippen molar-refractivity contribution in [3.05, 3.63) is 34.9 Å². The molecule has 9 heteroatoms. The molecule has 1 saturated heterocycles. The molecule has 1 atom stereocenters. The molecule has 1 heterocycles. The lowest BCUT2D eigenvalue weighted by atomic mass is 10.0. The van der Waals surface area contributed by atoms with Gasteiger partial charge in [0.1, 0.15) is 0 Å². The maximum Gasteiger partial charge on any atom is 0.416 e. The van der Waals surface area contributed by atoms with E-state index in [4.69, 9.17) is 0 Å². The van der Waals surface area contributed by atoms with Crippen LogP contribution < -0.4 is 5.32 Å². The van der Waals surface area contributed by atoms with Crippen LogP contribution in [0, 0.1) is 5.92 Å². The lowest BCUT2D eigenvalue weighted by Gasteiger charge is -2.19. The Morgan fingerprint density at radius 2 is 1.67 bits per heavy atom. The van der Waals surface area contributed by atoms with E-state index in [0.29, 0.717) is 38.2 Å². The van der Waals surface area contributed by atoms with E-state index in [1.807, 2.05) is 0 Å². The number of halogens is 6. The Morgan fingerprint density at radius 3 is 2.12 bits per heavy atom. The van der Waals surface area contributed by atoms with Crippen molar-refractivity contribution in [1.82, 2.24) is 10.2 Å². The minimum Gasteiger partial charge on any atom is -0.338 e. The van der Waals surface area contributed by atoms with Crippen LogP contribution in [0.15, 0.2) is 18.2 Å². The Labute approximate surface area is 134 Å². The molecule has 0 radical (unpaired) electrons. The number of carbonyl (C=O) groups is 1. The fourth-order valence-corrected chi connectivity index (χ4v) is 2.73. The highest BCUT2D eigenvalue weighted by Crippen LogP contribution is 2.36. The van der Waals surface area contributed by atoms with Gasteiger partial charge in [-0.15, -0.1) is 0 Å². The number of nitrogens with zero attached hydrogens (tertiary/aromatic N) is 1. The van der Waals surface area contributed by atoms with Gasteiger partial charge in [-0.2, -0.15) is 26.3 Å². The summed E-state index contributed by atoms with van der Waals surface area (Å²) >= 11 is 0. The fraction of sp³-hybridized carbons (Fsp3) is 0.533. The molecule has 0 aliphatic carbocycles. The van der Waals surface area contributed by atoms with Crippen LogP contribution in [0.3, 0.4) is 0 Å². The van der Waals surface area contributed by atoms with Crippen molar-refractivity contribution in [2.45, 2.75) is 18.8 Å². The summed E-state index contributed by atoms with van der Waals surface area (Å²) in [6.07, 6.45) is -9.27. The predicted octanol–water partition coefficient (Wildman–Crippen LogP) is 3.41. The van der Waals surface area contributed by atoms with Crippen LogP contribution in [-0.4, -0.2) is 37.5 Å². The summed E-state index contributed by atoms with van der Waals surface area (Å²) in [4.78, 5) is 13.6.